The number of fused-ring (bicyclic) bond motifs is 1. The Morgan fingerprint density at radius 3 is 1.89 bits per heavy atom. The molecule has 6 rings (SSSR count). The Labute approximate surface area is 284 Å². The molecule has 0 aliphatic carbocycles. The van der Waals surface area contributed by atoms with Crippen LogP contribution in [-0.4, -0.2) is 23.7 Å². The molecule has 0 aliphatic rings. The molecule has 0 radical (unpaired) electrons. The quantitative estimate of drug-likeness (QED) is 0.0756. The van der Waals surface area contributed by atoms with Gasteiger partial charge in [-0.25, -0.2) is 14.4 Å². The van der Waals surface area contributed by atoms with E-state index < -0.39 is 13.7 Å². The van der Waals surface area contributed by atoms with Crippen molar-refractivity contribution in [2.75, 3.05) is 19.0 Å². The van der Waals surface area contributed by atoms with Crippen molar-refractivity contribution < 1.29 is 36.2 Å². The Morgan fingerprint density at radius 1 is 0.800 bits per heavy atom. The molecule has 9 heteroatoms. The molecule has 0 bridgehead atoms. The van der Waals surface area contributed by atoms with Crippen LogP contribution in [0.4, 0.5) is 15.9 Å². The minimum atomic E-state index is -0.877. The van der Waals surface area contributed by atoms with Crippen molar-refractivity contribution in [1.82, 2.24) is 9.97 Å². The van der Waals surface area contributed by atoms with E-state index in [9.17, 15) is 4.39 Å². The van der Waals surface area contributed by atoms with Gasteiger partial charge in [0.2, 0.25) is 0 Å². The van der Waals surface area contributed by atoms with Gasteiger partial charge in [0.15, 0.2) is 11.5 Å². The molecule has 0 atom stereocenters. The molecule has 1 N–H and O–H groups in total. The summed E-state index contributed by atoms with van der Waals surface area (Å²) in [5.41, 5.74) is 1.21. The second-order valence-corrected chi connectivity index (χ2v) is 12.3. The Hall–Kier alpha value is -4.21. The summed E-state index contributed by atoms with van der Waals surface area (Å²) in [6.45, 7) is -0.00805. The van der Waals surface area contributed by atoms with Crippen molar-refractivity contribution in [3.63, 3.8) is 0 Å². The van der Waals surface area contributed by atoms with Crippen molar-refractivity contribution in [2.24, 2.45) is 0 Å². The molecule has 228 valence electrons. The van der Waals surface area contributed by atoms with Crippen molar-refractivity contribution >= 4 is 57.8 Å². The second kappa shape index (κ2) is 16.7. The van der Waals surface area contributed by atoms with Gasteiger partial charge in [0.1, 0.15) is 40.5 Å². The number of hydrogen-bond donors (Lipinski definition) is 1. The third-order valence-electron chi connectivity index (χ3n) is 6.59. The largest absolute Gasteiger partial charge is 1.00 e. The summed E-state index contributed by atoms with van der Waals surface area (Å²) >= 11 is 5.81. The molecule has 5 nitrogen and oxygen atoms in total. The number of aromatic nitrogens is 2. The number of benzene rings is 5. The monoisotopic (exact) mass is 816 g/mol. The van der Waals surface area contributed by atoms with E-state index >= 15 is 0 Å². The first-order chi connectivity index (χ1) is 21.6. The predicted molar refractivity (Wildman–Crippen MR) is 180 cm³/mol. The van der Waals surface area contributed by atoms with Gasteiger partial charge >= 0.3 is 22.4 Å². The normalized spacial score (nSPS) is 10.2. The molecular weight excluding hydrogens is 789 g/mol. The Balaban J connectivity index is 0.000000207. The minimum absolute atomic E-state index is 0. The van der Waals surface area contributed by atoms with Crippen LogP contribution in [-0.2, 0) is 22.4 Å². The molecule has 0 amide bonds. The molecule has 0 fully saturated rings. The smallest absolute Gasteiger partial charge is 0.690 e. The molecule has 45 heavy (non-hydrogen) atoms. The van der Waals surface area contributed by atoms with Crippen LogP contribution >= 0.6 is 19.5 Å². The van der Waals surface area contributed by atoms with E-state index in [2.05, 4.69) is 112 Å². The third-order valence-corrected chi connectivity index (χ3v) is 9.61. The summed E-state index contributed by atoms with van der Waals surface area (Å²) in [4.78, 5) is 8.44. The van der Waals surface area contributed by atoms with Gasteiger partial charge in [-0.15, -0.1) is 0 Å². The molecule has 5 aromatic carbocycles. The van der Waals surface area contributed by atoms with Crippen LogP contribution in [0.1, 0.15) is 0 Å². The molecule has 0 spiro atoms. The van der Waals surface area contributed by atoms with Gasteiger partial charge in [-0.05, 0) is 60.7 Å². The first kappa shape index (κ1) is 33.7. The molecule has 1 aromatic heterocycles. The van der Waals surface area contributed by atoms with E-state index in [1.54, 1.807) is 18.2 Å². The molecule has 0 saturated carbocycles. The van der Waals surface area contributed by atoms with Crippen molar-refractivity contribution in [1.29, 1.82) is 0 Å². The van der Waals surface area contributed by atoms with Crippen LogP contribution < -0.4 is 30.7 Å². The van der Waals surface area contributed by atoms with E-state index in [1.165, 1.54) is 41.5 Å². The Morgan fingerprint density at radius 2 is 1.38 bits per heavy atom. The molecule has 0 unspecified atom stereocenters. The van der Waals surface area contributed by atoms with Gasteiger partial charge in [-0.3, -0.25) is 0 Å². The number of anilines is 2. The fraction of sp³-hybridized carbons (Fsp3) is 0.0556. The van der Waals surface area contributed by atoms with Gasteiger partial charge in [0, 0.05) is 17.1 Å². The minimum Gasteiger partial charge on any atom is -0.690 e. The van der Waals surface area contributed by atoms with Crippen LogP contribution in [0, 0.1) is 18.2 Å². The zero-order valence-electron chi connectivity index (χ0n) is 24.1. The summed E-state index contributed by atoms with van der Waals surface area (Å²) in [5, 5.41) is 8.07. The van der Waals surface area contributed by atoms with Crippen LogP contribution in [0.5, 0.6) is 11.5 Å². The summed E-state index contributed by atoms with van der Waals surface area (Å²) in [5.74, 6) is 3.08. The van der Waals surface area contributed by atoms with Gasteiger partial charge in [-0.2, -0.15) is 0 Å². The number of rotatable bonds is 8. The SMILES string of the molecule is [Au+].[C-]#CCOc1cc2c(Nc3ccc(F)c(Cl)c3)ncnc2cc1OC.c1ccc([PH+](c2ccccc2)c2ccccc2)cc1. The van der Waals surface area contributed by atoms with Crippen LogP contribution in [0.3, 0.4) is 0 Å². The maximum absolute atomic E-state index is 13.3. The number of nitrogens with zero attached hydrogens (tertiary/aromatic N) is 2. The molecule has 0 saturated heterocycles. The number of ether oxygens (including phenoxy) is 2. The van der Waals surface area contributed by atoms with Gasteiger partial charge < -0.3 is 27.1 Å². The second-order valence-electron chi connectivity index (χ2n) is 9.43. The van der Waals surface area contributed by atoms with E-state index in [1.807, 2.05) is 0 Å². The maximum Gasteiger partial charge on any atom is 1.00 e. The number of methoxy groups -OCH3 is 1. The average molecular weight is 817 g/mol. The maximum atomic E-state index is 13.3. The van der Waals surface area contributed by atoms with Crippen molar-refractivity contribution in [3.05, 3.63) is 145 Å². The van der Waals surface area contributed by atoms with E-state index in [0.717, 1.165) is 0 Å². The fourth-order valence-corrected chi connectivity index (χ4v) is 7.33. The average Bonchev–Trinajstić information content (AvgIpc) is 3.07. The molecular formula is C36H28AuClFN3O2P+. The summed E-state index contributed by atoms with van der Waals surface area (Å²) in [7, 11) is 0.640. The Kier molecular flexibility index (Phi) is 12.5. The number of nitrogens with one attached hydrogen (secondary N) is 1. The van der Waals surface area contributed by atoms with Crippen LogP contribution in [0.25, 0.3) is 10.9 Å². The topological polar surface area (TPSA) is 56.3 Å². The van der Waals surface area contributed by atoms with Gasteiger partial charge in [-0.1, -0.05) is 66.2 Å². The van der Waals surface area contributed by atoms with E-state index in [4.69, 9.17) is 27.5 Å². The fourth-order valence-electron chi connectivity index (χ4n) is 4.57. The van der Waals surface area contributed by atoms with Crippen LogP contribution in [0.2, 0.25) is 5.02 Å². The Bertz CT molecular complexity index is 1780. The van der Waals surface area contributed by atoms with Gasteiger partial charge in [0.05, 0.1) is 25.6 Å². The standard InChI is InChI=1S/C18H12ClFN3O2.C18H15P.Au/c1-3-6-25-17-8-12-15(9-16(17)24-2)21-10-22-18(12)23-11-4-5-14(20)13(19)7-11;1-4-10-16(11-5-1)19(17-12-6-2-7-13-17)18-14-8-3-9-15-18;/h4-5,7-10H,6H2,2H3,(H,21,22,23);1-15H;/q-1;;+1/p+1. The van der Waals surface area contributed by atoms with Crippen molar-refractivity contribution in [3.8, 4) is 17.4 Å². The van der Waals surface area contributed by atoms with Crippen molar-refractivity contribution in [2.45, 2.75) is 0 Å². The van der Waals surface area contributed by atoms with E-state index in [0.29, 0.717) is 33.9 Å². The van der Waals surface area contributed by atoms with Crippen LogP contribution in [0.15, 0.2) is 128 Å². The first-order valence-electron chi connectivity index (χ1n) is 13.7. The first-order valence-corrected chi connectivity index (χ1v) is 15.6. The molecule has 6 aromatic rings. The predicted octanol–water partition coefficient (Wildman–Crippen LogP) is 7.32. The third kappa shape index (κ3) is 8.71. The summed E-state index contributed by atoms with van der Waals surface area (Å²) in [6, 6.07) is 40.2. The molecule has 0 aliphatic heterocycles. The summed E-state index contributed by atoms with van der Waals surface area (Å²) in [6.07, 6.45) is 8.38. The van der Waals surface area contributed by atoms with E-state index in [-0.39, 0.29) is 34.0 Å². The zero-order valence-corrected chi connectivity index (χ0v) is 28.0. The number of halogens is 2. The number of hydrogen-bond acceptors (Lipinski definition) is 5. The summed E-state index contributed by atoms with van der Waals surface area (Å²) < 4.78 is 24.0. The molecule has 1 heterocycles. The zero-order chi connectivity index (χ0) is 30.7. The van der Waals surface area contributed by atoms with Gasteiger partial charge in [0.25, 0.3) is 0 Å².